The van der Waals surface area contributed by atoms with Gasteiger partial charge in [-0.1, -0.05) is 0 Å². The van der Waals surface area contributed by atoms with Crippen molar-refractivity contribution in [2.75, 3.05) is 5.32 Å². The van der Waals surface area contributed by atoms with E-state index in [9.17, 15) is 9.59 Å². The first-order valence-electron chi connectivity index (χ1n) is 10.7. The highest BCUT2D eigenvalue weighted by Gasteiger charge is 2.48. The molecule has 4 fully saturated rings. The van der Waals surface area contributed by atoms with Crippen LogP contribution in [-0.2, 0) is 0 Å². The Morgan fingerprint density at radius 3 is 1.87 bits per heavy atom. The highest BCUT2D eigenvalue weighted by molar-refractivity contribution is 5.89. The second-order valence-electron chi connectivity index (χ2n) is 9.01. The number of amides is 2. The first-order valence-corrected chi connectivity index (χ1v) is 10.7. The normalized spacial score (nSPS) is 28.7. The van der Waals surface area contributed by atoms with E-state index in [0.717, 1.165) is 11.8 Å². The van der Waals surface area contributed by atoms with Gasteiger partial charge in [0, 0.05) is 11.7 Å². The largest absolute Gasteiger partial charge is 0.478 e. The Morgan fingerprint density at radius 2 is 1.33 bits per heavy atom. The zero-order valence-corrected chi connectivity index (χ0v) is 16.7. The zero-order valence-electron chi connectivity index (χ0n) is 16.7. The maximum absolute atomic E-state index is 12.6. The molecule has 6 nitrogen and oxygen atoms in total. The van der Waals surface area contributed by atoms with E-state index >= 15 is 0 Å². The second kappa shape index (κ2) is 7.67. The average Bonchev–Trinajstić information content (AvgIpc) is 2.72. The first-order chi connectivity index (χ1) is 14.5. The summed E-state index contributed by atoms with van der Waals surface area (Å²) in [7, 11) is 0. The summed E-state index contributed by atoms with van der Waals surface area (Å²) >= 11 is 0. The van der Waals surface area contributed by atoms with Crippen molar-refractivity contribution < 1.29 is 19.4 Å². The molecule has 6 rings (SSSR count). The van der Waals surface area contributed by atoms with E-state index in [1.807, 2.05) is 0 Å². The lowest BCUT2D eigenvalue weighted by Gasteiger charge is -2.54. The molecule has 156 valence electrons. The molecular formula is C24H26N2O4. The Bertz CT molecular complexity index is 911. The molecule has 0 heterocycles. The van der Waals surface area contributed by atoms with E-state index in [4.69, 9.17) is 9.84 Å². The van der Waals surface area contributed by atoms with Gasteiger partial charge in [-0.05, 0) is 104 Å². The van der Waals surface area contributed by atoms with Crippen LogP contribution in [0, 0.1) is 23.7 Å². The highest BCUT2D eigenvalue weighted by Crippen LogP contribution is 2.53. The van der Waals surface area contributed by atoms with Crippen molar-refractivity contribution in [1.82, 2.24) is 5.32 Å². The number of nitrogens with one attached hydrogen (secondary N) is 2. The summed E-state index contributed by atoms with van der Waals surface area (Å²) in [4.78, 5) is 23.5. The molecule has 0 saturated heterocycles. The van der Waals surface area contributed by atoms with Gasteiger partial charge in [0.15, 0.2) is 0 Å². The number of benzene rings is 2. The van der Waals surface area contributed by atoms with Crippen molar-refractivity contribution in [3.63, 3.8) is 0 Å². The van der Waals surface area contributed by atoms with Gasteiger partial charge in [0.1, 0.15) is 11.5 Å². The third kappa shape index (κ3) is 3.86. The topological polar surface area (TPSA) is 87.7 Å². The standard InChI is InChI=1S/C24H26N2O4/c27-23(28)16-1-5-20(6-2-16)30-21-7-3-19(4-8-21)25-24(29)26-22-17-10-14-9-15(12-17)13-18(22)11-14/h1-8,14-15,17-18,22H,9-13H2,(H,27,28)(H2,25,26,29). The monoisotopic (exact) mass is 406 g/mol. The van der Waals surface area contributed by atoms with Crippen molar-refractivity contribution >= 4 is 17.7 Å². The van der Waals surface area contributed by atoms with Crippen molar-refractivity contribution in [2.45, 2.75) is 38.1 Å². The first kappa shape index (κ1) is 19.0. The SMILES string of the molecule is O=C(Nc1ccc(Oc2ccc(C(=O)O)cc2)cc1)NC1C2CC3CC(C2)CC1C3. The van der Waals surface area contributed by atoms with Crippen LogP contribution in [-0.4, -0.2) is 23.1 Å². The lowest BCUT2D eigenvalue weighted by molar-refractivity contribution is -0.00883. The molecule has 0 radical (unpaired) electrons. The fourth-order valence-electron chi connectivity index (χ4n) is 5.89. The van der Waals surface area contributed by atoms with E-state index < -0.39 is 5.97 Å². The number of anilines is 1. The summed E-state index contributed by atoms with van der Waals surface area (Å²) in [6, 6.07) is 13.6. The molecule has 4 aliphatic rings. The van der Waals surface area contributed by atoms with Crippen LogP contribution in [0.2, 0.25) is 0 Å². The summed E-state index contributed by atoms with van der Waals surface area (Å²) in [5.41, 5.74) is 0.928. The molecule has 3 N–H and O–H groups in total. The van der Waals surface area contributed by atoms with Crippen LogP contribution in [0.3, 0.4) is 0 Å². The van der Waals surface area contributed by atoms with E-state index in [2.05, 4.69) is 10.6 Å². The lowest BCUT2D eigenvalue weighted by atomic mass is 9.54. The quantitative estimate of drug-likeness (QED) is 0.643. The minimum atomic E-state index is -0.969. The number of carboxylic acid groups (broad SMARTS) is 1. The van der Waals surface area contributed by atoms with Gasteiger partial charge in [-0.3, -0.25) is 0 Å². The lowest BCUT2D eigenvalue weighted by Crippen LogP contribution is -2.56. The molecule has 2 aromatic carbocycles. The number of hydrogen-bond donors (Lipinski definition) is 3. The summed E-state index contributed by atoms with van der Waals surface area (Å²) in [5.74, 6) is 3.28. The van der Waals surface area contributed by atoms with Gasteiger partial charge in [-0.2, -0.15) is 0 Å². The number of hydrogen-bond acceptors (Lipinski definition) is 3. The number of rotatable bonds is 5. The highest BCUT2D eigenvalue weighted by atomic mass is 16.5. The van der Waals surface area contributed by atoms with Gasteiger partial charge >= 0.3 is 12.0 Å². The molecule has 6 heteroatoms. The summed E-state index contributed by atoms with van der Waals surface area (Å²) < 4.78 is 5.74. The summed E-state index contributed by atoms with van der Waals surface area (Å²) in [5, 5.41) is 15.1. The molecule has 2 amide bonds. The Balaban J connectivity index is 1.16. The molecule has 0 unspecified atom stereocenters. The fourth-order valence-corrected chi connectivity index (χ4v) is 5.89. The van der Waals surface area contributed by atoms with E-state index in [1.54, 1.807) is 36.4 Å². The number of ether oxygens (including phenoxy) is 1. The van der Waals surface area contributed by atoms with E-state index in [1.165, 1.54) is 44.2 Å². The summed E-state index contributed by atoms with van der Waals surface area (Å²) in [6.07, 6.45) is 6.51. The molecule has 0 spiro atoms. The minimum absolute atomic E-state index is 0.134. The molecule has 2 aromatic rings. The molecule has 0 aromatic heterocycles. The van der Waals surface area contributed by atoms with E-state index in [-0.39, 0.29) is 11.6 Å². The molecule has 30 heavy (non-hydrogen) atoms. The Labute approximate surface area is 175 Å². The third-order valence-corrected chi connectivity index (χ3v) is 6.97. The van der Waals surface area contributed by atoms with E-state index in [0.29, 0.717) is 35.1 Å². The van der Waals surface area contributed by atoms with Crippen LogP contribution < -0.4 is 15.4 Å². The van der Waals surface area contributed by atoms with Gasteiger partial charge in [0.25, 0.3) is 0 Å². The Morgan fingerprint density at radius 1 is 0.800 bits per heavy atom. The number of carboxylic acids is 1. The molecular weight excluding hydrogens is 380 g/mol. The van der Waals surface area contributed by atoms with Crippen molar-refractivity contribution in [1.29, 1.82) is 0 Å². The minimum Gasteiger partial charge on any atom is -0.478 e. The molecule has 0 atom stereocenters. The van der Waals surface area contributed by atoms with Crippen molar-refractivity contribution in [2.24, 2.45) is 23.7 Å². The maximum atomic E-state index is 12.6. The van der Waals surface area contributed by atoms with Crippen LogP contribution in [0.4, 0.5) is 10.5 Å². The number of urea groups is 1. The Kier molecular flexibility index (Phi) is 4.85. The number of carbonyl (C=O) groups excluding carboxylic acids is 1. The van der Waals surface area contributed by atoms with Crippen LogP contribution in [0.5, 0.6) is 11.5 Å². The van der Waals surface area contributed by atoms with Gasteiger partial charge < -0.3 is 20.5 Å². The predicted octanol–water partition coefficient (Wildman–Crippen LogP) is 5.12. The smallest absolute Gasteiger partial charge is 0.335 e. The van der Waals surface area contributed by atoms with Crippen LogP contribution in [0.15, 0.2) is 48.5 Å². The molecule has 4 aliphatic carbocycles. The second-order valence-corrected chi connectivity index (χ2v) is 9.01. The van der Waals surface area contributed by atoms with Crippen LogP contribution in [0.25, 0.3) is 0 Å². The van der Waals surface area contributed by atoms with Crippen LogP contribution >= 0.6 is 0 Å². The fraction of sp³-hybridized carbons (Fsp3) is 0.417. The van der Waals surface area contributed by atoms with Gasteiger partial charge in [-0.15, -0.1) is 0 Å². The summed E-state index contributed by atoms with van der Waals surface area (Å²) in [6.45, 7) is 0. The predicted molar refractivity (Wildman–Crippen MR) is 113 cm³/mol. The molecule has 0 aliphatic heterocycles. The van der Waals surface area contributed by atoms with Crippen molar-refractivity contribution in [3.8, 4) is 11.5 Å². The van der Waals surface area contributed by atoms with Gasteiger partial charge in [0.05, 0.1) is 5.56 Å². The molecule has 4 saturated carbocycles. The van der Waals surface area contributed by atoms with Crippen molar-refractivity contribution in [3.05, 3.63) is 54.1 Å². The number of aromatic carboxylic acids is 1. The average molecular weight is 406 g/mol. The van der Waals surface area contributed by atoms with Gasteiger partial charge in [0.2, 0.25) is 0 Å². The van der Waals surface area contributed by atoms with Crippen LogP contribution in [0.1, 0.15) is 42.5 Å². The maximum Gasteiger partial charge on any atom is 0.335 e. The molecule has 4 bridgehead atoms. The van der Waals surface area contributed by atoms with Gasteiger partial charge in [-0.25, -0.2) is 9.59 Å². The Hall–Kier alpha value is -3.02. The third-order valence-electron chi connectivity index (χ3n) is 6.97. The zero-order chi connectivity index (χ0) is 20.7. The number of carbonyl (C=O) groups is 2.